The van der Waals surface area contributed by atoms with Crippen molar-refractivity contribution in [3.63, 3.8) is 0 Å². The van der Waals surface area contributed by atoms with Crippen molar-refractivity contribution in [2.75, 3.05) is 13.2 Å². The summed E-state index contributed by atoms with van der Waals surface area (Å²) >= 11 is 4.89. The third-order valence-electron chi connectivity index (χ3n) is 4.16. The lowest BCUT2D eigenvalue weighted by Crippen LogP contribution is -2.14. The van der Waals surface area contributed by atoms with Crippen molar-refractivity contribution < 1.29 is 32.2 Å². The lowest BCUT2D eigenvalue weighted by Gasteiger charge is -2.11. The average molecular weight is 542 g/mol. The van der Waals surface area contributed by atoms with E-state index in [1.807, 2.05) is 25.1 Å². The number of esters is 1. The number of hydrogen-bond donors (Lipinski definition) is 0. The van der Waals surface area contributed by atoms with Gasteiger partial charge in [0.05, 0.1) is 12.2 Å². The Morgan fingerprint density at radius 1 is 1.09 bits per heavy atom. The molecule has 0 atom stereocenters. The molecular formula is C23H19BrF3NO4S. The van der Waals surface area contributed by atoms with Gasteiger partial charge in [-0.25, -0.2) is 9.78 Å². The summed E-state index contributed by atoms with van der Waals surface area (Å²) in [5.74, 6) is 0.625. The maximum absolute atomic E-state index is 12.7. The number of benzene rings is 2. The topological polar surface area (TPSA) is 57.7 Å². The van der Waals surface area contributed by atoms with Crippen LogP contribution < -0.4 is 9.47 Å². The molecule has 0 aliphatic heterocycles. The summed E-state index contributed by atoms with van der Waals surface area (Å²) in [5, 5.41) is 0. The van der Waals surface area contributed by atoms with Gasteiger partial charge in [-0.2, -0.15) is 13.2 Å². The number of aromatic nitrogens is 1. The minimum absolute atomic E-state index is 0.0518. The van der Waals surface area contributed by atoms with Gasteiger partial charge in [-0.3, -0.25) is 0 Å². The number of carbonyl (C=O) groups is 1. The summed E-state index contributed by atoms with van der Waals surface area (Å²) in [7, 11) is 0. The third kappa shape index (κ3) is 7.40. The Morgan fingerprint density at radius 3 is 2.52 bits per heavy atom. The van der Waals surface area contributed by atoms with E-state index in [0.717, 1.165) is 32.1 Å². The van der Waals surface area contributed by atoms with Crippen LogP contribution in [-0.2, 0) is 15.7 Å². The minimum atomic E-state index is -4.46. The highest BCUT2D eigenvalue weighted by Crippen LogP contribution is 2.36. The number of rotatable bonds is 8. The van der Waals surface area contributed by atoms with Crippen LogP contribution in [0.1, 0.15) is 18.1 Å². The second-order valence-corrected chi connectivity index (χ2v) is 8.79. The first-order valence-corrected chi connectivity index (χ1v) is 11.3. The van der Waals surface area contributed by atoms with E-state index >= 15 is 0 Å². The SMILES string of the molecule is CCOC(=O)COc1ccc(Sc2cc(Br)cc(Oc3ccc(C(F)(F)F)cn3)c2)cc1C. The summed E-state index contributed by atoms with van der Waals surface area (Å²) in [5.41, 5.74) is 0.00936. The van der Waals surface area contributed by atoms with Gasteiger partial charge in [-0.05, 0) is 61.9 Å². The first kappa shape index (κ1) is 24.9. The number of halogens is 4. The largest absolute Gasteiger partial charge is 0.482 e. The maximum atomic E-state index is 12.7. The number of hydrogen-bond acceptors (Lipinski definition) is 6. The predicted molar refractivity (Wildman–Crippen MR) is 121 cm³/mol. The highest BCUT2D eigenvalue weighted by molar-refractivity contribution is 9.10. The molecule has 0 saturated carbocycles. The van der Waals surface area contributed by atoms with Crippen molar-refractivity contribution in [2.45, 2.75) is 29.8 Å². The molecule has 1 heterocycles. The van der Waals surface area contributed by atoms with Gasteiger partial charge in [0.25, 0.3) is 0 Å². The standard InChI is InChI=1S/C23H19BrF3NO4S/c1-3-30-22(29)13-31-20-6-5-18(8-14(20)2)33-19-10-16(24)9-17(11-19)32-21-7-4-15(12-28-21)23(25,26)27/h4-12H,3,13H2,1-2H3. The molecular weight excluding hydrogens is 523 g/mol. The first-order valence-electron chi connectivity index (χ1n) is 9.72. The van der Waals surface area contributed by atoms with Crippen LogP contribution in [0.5, 0.6) is 17.4 Å². The van der Waals surface area contributed by atoms with E-state index in [4.69, 9.17) is 14.2 Å². The summed E-state index contributed by atoms with van der Waals surface area (Å²) in [6, 6.07) is 13.0. The van der Waals surface area contributed by atoms with E-state index in [0.29, 0.717) is 18.1 Å². The lowest BCUT2D eigenvalue weighted by molar-refractivity contribution is -0.145. The van der Waals surface area contributed by atoms with Gasteiger partial charge < -0.3 is 14.2 Å². The van der Waals surface area contributed by atoms with Crippen LogP contribution in [0.15, 0.2) is 69.0 Å². The van der Waals surface area contributed by atoms with Crippen molar-refractivity contribution >= 4 is 33.7 Å². The quantitative estimate of drug-likeness (QED) is 0.284. The Morgan fingerprint density at radius 2 is 1.88 bits per heavy atom. The first-order chi connectivity index (χ1) is 15.6. The fraction of sp³-hybridized carbons (Fsp3) is 0.217. The van der Waals surface area contributed by atoms with Crippen LogP contribution in [0.2, 0.25) is 0 Å². The molecule has 0 amide bonds. The van der Waals surface area contributed by atoms with Gasteiger partial charge >= 0.3 is 12.1 Å². The number of alkyl halides is 3. The number of ether oxygens (including phenoxy) is 3. The Bertz CT molecular complexity index is 1120. The third-order valence-corrected chi connectivity index (χ3v) is 5.58. The van der Waals surface area contributed by atoms with Crippen LogP contribution in [-0.4, -0.2) is 24.2 Å². The van der Waals surface area contributed by atoms with Crippen molar-refractivity contribution in [1.82, 2.24) is 4.98 Å². The van der Waals surface area contributed by atoms with E-state index < -0.39 is 17.7 Å². The van der Waals surface area contributed by atoms with Crippen molar-refractivity contribution in [3.05, 3.63) is 70.3 Å². The highest BCUT2D eigenvalue weighted by Gasteiger charge is 2.30. The molecule has 0 N–H and O–H groups in total. The van der Waals surface area contributed by atoms with Crippen LogP contribution in [0, 0.1) is 6.92 Å². The fourth-order valence-corrected chi connectivity index (χ4v) is 4.34. The van der Waals surface area contributed by atoms with Gasteiger partial charge in [-0.1, -0.05) is 27.7 Å². The molecule has 2 aromatic carbocycles. The zero-order chi connectivity index (χ0) is 24.0. The van der Waals surface area contributed by atoms with Gasteiger partial charge in [-0.15, -0.1) is 0 Å². The molecule has 3 aromatic rings. The Balaban J connectivity index is 1.69. The second kappa shape index (κ2) is 10.9. The molecule has 1 aromatic heterocycles. The summed E-state index contributed by atoms with van der Waals surface area (Å²) in [6.07, 6.45) is -3.72. The number of pyridine rings is 1. The zero-order valence-electron chi connectivity index (χ0n) is 17.6. The normalized spacial score (nSPS) is 11.2. The van der Waals surface area contributed by atoms with Crippen molar-refractivity contribution in [2.24, 2.45) is 0 Å². The molecule has 0 bridgehead atoms. The van der Waals surface area contributed by atoms with E-state index in [2.05, 4.69) is 20.9 Å². The van der Waals surface area contributed by atoms with E-state index in [1.165, 1.54) is 17.8 Å². The second-order valence-electron chi connectivity index (χ2n) is 6.73. The van der Waals surface area contributed by atoms with Gasteiger partial charge in [0.2, 0.25) is 5.88 Å². The molecule has 0 aliphatic rings. The summed E-state index contributed by atoms with van der Waals surface area (Å²) in [6.45, 7) is 3.74. The van der Waals surface area contributed by atoms with Crippen LogP contribution in [0.4, 0.5) is 13.2 Å². The average Bonchev–Trinajstić information content (AvgIpc) is 2.73. The number of aryl methyl sites for hydroxylation is 1. The molecule has 33 heavy (non-hydrogen) atoms. The smallest absolute Gasteiger partial charge is 0.417 e. The van der Waals surface area contributed by atoms with Crippen LogP contribution >= 0.6 is 27.7 Å². The van der Waals surface area contributed by atoms with E-state index in [-0.39, 0.29) is 12.5 Å². The molecule has 0 spiro atoms. The lowest BCUT2D eigenvalue weighted by atomic mass is 10.2. The molecule has 0 saturated heterocycles. The molecule has 0 fully saturated rings. The molecule has 5 nitrogen and oxygen atoms in total. The number of nitrogens with zero attached hydrogens (tertiary/aromatic N) is 1. The maximum Gasteiger partial charge on any atom is 0.417 e. The zero-order valence-corrected chi connectivity index (χ0v) is 20.0. The molecule has 174 valence electrons. The van der Waals surface area contributed by atoms with Crippen molar-refractivity contribution in [1.29, 1.82) is 0 Å². The monoisotopic (exact) mass is 541 g/mol. The predicted octanol–water partition coefficient (Wildman–Crippen LogP) is 7.06. The molecule has 10 heteroatoms. The van der Waals surface area contributed by atoms with Gasteiger partial charge in [0.15, 0.2) is 6.61 Å². The Labute approximate surface area is 201 Å². The van der Waals surface area contributed by atoms with Gasteiger partial charge in [0.1, 0.15) is 11.5 Å². The molecule has 0 unspecified atom stereocenters. The molecule has 0 aliphatic carbocycles. The fourth-order valence-electron chi connectivity index (χ4n) is 2.71. The van der Waals surface area contributed by atoms with Crippen LogP contribution in [0.25, 0.3) is 0 Å². The number of carbonyl (C=O) groups excluding carboxylic acids is 1. The molecule has 0 radical (unpaired) electrons. The van der Waals surface area contributed by atoms with E-state index in [1.54, 1.807) is 25.1 Å². The molecule has 3 rings (SSSR count). The summed E-state index contributed by atoms with van der Waals surface area (Å²) in [4.78, 5) is 17.0. The Hall–Kier alpha value is -2.72. The summed E-state index contributed by atoms with van der Waals surface area (Å²) < 4.78 is 54.8. The van der Waals surface area contributed by atoms with E-state index in [9.17, 15) is 18.0 Å². The Kier molecular flexibility index (Phi) is 8.25. The van der Waals surface area contributed by atoms with Crippen LogP contribution in [0.3, 0.4) is 0 Å². The van der Waals surface area contributed by atoms with Gasteiger partial charge in [0, 0.05) is 26.5 Å². The van der Waals surface area contributed by atoms with Crippen molar-refractivity contribution in [3.8, 4) is 17.4 Å². The highest BCUT2D eigenvalue weighted by atomic mass is 79.9. The minimum Gasteiger partial charge on any atom is -0.482 e.